The molecule has 4 heteroatoms. The lowest BCUT2D eigenvalue weighted by atomic mass is 9.35. The lowest BCUT2D eigenvalue weighted by molar-refractivity contribution is 0.590. The van der Waals surface area contributed by atoms with E-state index >= 15 is 0 Å². The summed E-state index contributed by atoms with van der Waals surface area (Å²) in [5, 5.41) is 10.8. The molecule has 2 aromatic heterocycles. The second kappa shape index (κ2) is 12.7. The van der Waals surface area contributed by atoms with E-state index in [4.69, 9.17) is 0 Å². The van der Waals surface area contributed by atoms with Crippen LogP contribution in [-0.2, 0) is 10.8 Å². The third-order valence-electron chi connectivity index (χ3n) is 13.9. The van der Waals surface area contributed by atoms with Gasteiger partial charge in [-0.05, 0) is 137 Å². The van der Waals surface area contributed by atoms with Crippen molar-refractivity contribution in [1.29, 1.82) is 0 Å². The number of benzene rings is 9. The fraction of sp³-hybridized carbons (Fsp3) is 0.138. The maximum Gasteiger partial charge on any atom is 0.244 e. The Kier molecular flexibility index (Phi) is 7.46. The molecular formula is C58H44BNS2. The summed E-state index contributed by atoms with van der Waals surface area (Å²) in [5.74, 6) is 0. The van der Waals surface area contributed by atoms with Crippen LogP contribution in [0.25, 0.3) is 84.1 Å². The fourth-order valence-corrected chi connectivity index (χ4v) is 13.4. The summed E-state index contributed by atoms with van der Waals surface area (Å²) in [6, 6.07) is 61.2. The number of rotatable bonds is 3. The molecule has 0 fully saturated rings. The van der Waals surface area contributed by atoms with Gasteiger partial charge in [0, 0.05) is 46.6 Å². The highest BCUT2D eigenvalue weighted by atomic mass is 32.1. The van der Waals surface area contributed by atoms with Crippen LogP contribution in [0.5, 0.6) is 0 Å². The van der Waals surface area contributed by atoms with E-state index in [0.717, 1.165) is 11.4 Å². The van der Waals surface area contributed by atoms with Crippen LogP contribution in [0.1, 0.15) is 52.7 Å². The summed E-state index contributed by atoms with van der Waals surface area (Å²) in [5.41, 5.74) is 15.8. The maximum atomic E-state index is 2.57. The van der Waals surface area contributed by atoms with E-state index in [1.165, 1.54) is 117 Å². The largest absolute Gasteiger partial charge is 0.310 e. The molecular weight excluding hydrogens is 786 g/mol. The van der Waals surface area contributed by atoms with Gasteiger partial charge in [0.2, 0.25) is 6.71 Å². The van der Waals surface area contributed by atoms with Crippen LogP contribution in [0.2, 0.25) is 0 Å². The highest BCUT2D eigenvalue weighted by Gasteiger charge is 2.39. The molecule has 11 aromatic rings. The molecule has 0 saturated carbocycles. The molecule has 62 heavy (non-hydrogen) atoms. The Hall–Kier alpha value is -6.20. The van der Waals surface area contributed by atoms with Crippen molar-refractivity contribution in [2.75, 3.05) is 4.90 Å². The van der Waals surface area contributed by atoms with Crippen molar-refractivity contribution in [3.8, 4) is 22.3 Å². The van der Waals surface area contributed by atoms with Crippen molar-refractivity contribution in [1.82, 2.24) is 0 Å². The van der Waals surface area contributed by atoms with E-state index in [-0.39, 0.29) is 17.5 Å². The number of hydrogen-bond acceptors (Lipinski definition) is 3. The molecule has 0 atom stereocenters. The molecule has 0 N–H and O–H groups in total. The van der Waals surface area contributed by atoms with Gasteiger partial charge in [0.15, 0.2) is 0 Å². The van der Waals surface area contributed by atoms with Crippen molar-refractivity contribution < 1.29 is 0 Å². The van der Waals surface area contributed by atoms with Crippen molar-refractivity contribution >= 4 is 125 Å². The van der Waals surface area contributed by atoms with E-state index in [2.05, 4.69) is 204 Å². The summed E-state index contributed by atoms with van der Waals surface area (Å²) < 4.78 is 5.42. The first kappa shape index (κ1) is 36.5. The van der Waals surface area contributed by atoms with Crippen molar-refractivity contribution in [3.05, 3.63) is 169 Å². The van der Waals surface area contributed by atoms with Gasteiger partial charge >= 0.3 is 0 Å². The highest BCUT2D eigenvalue weighted by Crippen LogP contribution is 2.51. The molecule has 0 unspecified atom stereocenters. The zero-order valence-electron chi connectivity index (χ0n) is 35.9. The summed E-state index contributed by atoms with van der Waals surface area (Å²) in [6.07, 6.45) is 0. The minimum absolute atomic E-state index is 0.0277. The first-order chi connectivity index (χ1) is 30.0. The topological polar surface area (TPSA) is 3.24 Å². The van der Waals surface area contributed by atoms with E-state index in [0.29, 0.717) is 0 Å². The van der Waals surface area contributed by atoms with Crippen LogP contribution in [0.15, 0.2) is 158 Å². The standard InChI is InChI=1S/C58H44BNS2/c1-57(2,3)35-21-25-37(26-22-35)60(38-27-23-36(24-28-38)58(4,5)6)39-31-42-50-40-15-9-7-13-33(40)29-48-54(50)52-44(17-11-19-46(52)61-48)59-45-18-12-20-47-53(45)55-49(62-47)30-34-14-8-10-16-41(34)51(55)43(32-39)56(42)59/h7-32H,1-6H3. The van der Waals surface area contributed by atoms with E-state index in [1.807, 2.05) is 22.7 Å². The Bertz CT molecular complexity index is 3470. The monoisotopic (exact) mass is 829 g/mol. The van der Waals surface area contributed by atoms with Gasteiger partial charge in [-0.25, -0.2) is 0 Å². The number of anilines is 3. The molecule has 0 radical (unpaired) electrons. The predicted molar refractivity (Wildman–Crippen MR) is 275 cm³/mol. The Morgan fingerprint density at radius 2 is 0.839 bits per heavy atom. The minimum Gasteiger partial charge on any atom is -0.310 e. The van der Waals surface area contributed by atoms with Gasteiger partial charge in [-0.1, -0.05) is 155 Å². The molecule has 0 bridgehead atoms. The van der Waals surface area contributed by atoms with Gasteiger partial charge in [0.25, 0.3) is 0 Å². The quantitative estimate of drug-likeness (QED) is 0.160. The number of hydrogen-bond donors (Lipinski definition) is 0. The van der Waals surface area contributed by atoms with Gasteiger partial charge < -0.3 is 4.90 Å². The van der Waals surface area contributed by atoms with Crippen LogP contribution in [-0.4, -0.2) is 6.71 Å². The zero-order chi connectivity index (χ0) is 41.8. The molecule has 0 aliphatic carbocycles. The molecule has 13 rings (SSSR count). The normalized spacial score (nSPS) is 13.3. The lowest BCUT2D eigenvalue weighted by Crippen LogP contribution is -2.53. The van der Waals surface area contributed by atoms with E-state index in [1.54, 1.807) is 0 Å². The summed E-state index contributed by atoms with van der Waals surface area (Å²) in [7, 11) is 0. The summed E-state index contributed by atoms with van der Waals surface area (Å²) >= 11 is 3.90. The third-order valence-corrected chi connectivity index (χ3v) is 16.1. The maximum absolute atomic E-state index is 2.57. The second-order valence-corrected chi connectivity index (χ2v) is 21.8. The van der Waals surface area contributed by atoms with E-state index in [9.17, 15) is 0 Å². The average molecular weight is 830 g/mol. The number of nitrogens with zero attached hydrogens (tertiary/aromatic N) is 1. The van der Waals surface area contributed by atoms with Gasteiger partial charge in [0.1, 0.15) is 0 Å². The zero-order valence-corrected chi connectivity index (χ0v) is 37.5. The fourth-order valence-electron chi connectivity index (χ4n) is 11.0. The van der Waals surface area contributed by atoms with Gasteiger partial charge in [-0.15, -0.1) is 22.7 Å². The van der Waals surface area contributed by atoms with Crippen LogP contribution in [0.3, 0.4) is 0 Å². The molecule has 2 aliphatic rings. The van der Waals surface area contributed by atoms with Gasteiger partial charge in [-0.3, -0.25) is 0 Å². The number of fused-ring (bicyclic) bond motifs is 8. The van der Waals surface area contributed by atoms with Crippen LogP contribution < -0.4 is 21.3 Å². The predicted octanol–water partition coefficient (Wildman–Crippen LogP) is 15.3. The lowest BCUT2D eigenvalue weighted by Gasteiger charge is -2.30. The van der Waals surface area contributed by atoms with Crippen molar-refractivity contribution in [2.45, 2.75) is 52.4 Å². The Morgan fingerprint density at radius 3 is 1.27 bits per heavy atom. The molecule has 0 spiro atoms. The Morgan fingerprint density at radius 1 is 0.403 bits per heavy atom. The SMILES string of the molecule is CC(C)(C)c1ccc(N(c2ccc(C(C)(C)C)cc2)c2cc3c4c(c2)-c2c5ccccc5cc5sc6cccc(c6c25)B4c2cccc4sc5cc6ccccc6c-3c5c24)cc1. The first-order valence-electron chi connectivity index (χ1n) is 21.9. The third kappa shape index (κ3) is 5.08. The average Bonchev–Trinajstić information content (AvgIpc) is 3.75. The molecule has 2 aliphatic heterocycles. The second-order valence-electron chi connectivity index (χ2n) is 19.7. The highest BCUT2D eigenvalue weighted by molar-refractivity contribution is 7.27. The number of thiophene rings is 2. The van der Waals surface area contributed by atoms with E-state index < -0.39 is 0 Å². The van der Waals surface area contributed by atoms with Crippen LogP contribution >= 0.6 is 22.7 Å². The van der Waals surface area contributed by atoms with Crippen LogP contribution in [0.4, 0.5) is 17.1 Å². The molecule has 4 heterocycles. The van der Waals surface area contributed by atoms with Crippen molar-refractivity contribution in [3.63, 3.8) is 0 Å². The summed E-state index contributed by atoms with van der Waals surface area (Å²) in [4.78, 5) is 2.53. The smallest absolute Gasteiger partial charge is 0.244 e. The molecule has 296 valence electrons. The Balaban J connectivity index is 1.24. The molecule has 9 aromatic carbocycles. The summed E-state index contributed by atoms with van der Waals surface area (Å²) in [6.45, 7) is 13.8. The van der Waals surface area contributed by atoms with Crippen LogP contribution in [0, 0.1) is 0 Å². The van der Waals surface area contributed by atoms with Crippen molar-refractivity contribution in [2.24, 2.45) is 0 Å². The Labute approximate surface area is 371 Å². The van der Waals surface area contributed by atoms with Gasteiger partial charge in [0.05, 0.1) is 0 Å². The molecule has 0 saturated heterocycles. The molecule has 0 amide bonds. The molecule has 1 nitrogen and oxygen atoms in total. The first-order valence-corrected chi connectivity index (χ1v) is 23.6. The minimum atomic E-state index is 0.0277. The van der Waals surface area contributed by atoms with Gasteiger partial charge in [-0.2, -0.15) is 0 Å².